The Labute approximate surface area is 228 Å². The predicted molar refractivity (Wildman–Crippen MR) is 141 cm³/mol. The third kappa shape index (κ3) is 6.96. The van der Waals surface area contributed by atoms with Crippen LogP contribution in [0.1, 0.15) is 47.2 Å². The Morgan fingerprint density at radius 3 is 2.40 bits per heavy atom. The molecule has 3 aromatic rings. The summed E-state index contributed by atoms with van der Waals surface area (Å²) in [7, 11) is 2.95. The standard InChI is InChI=1S/C27H29F3N6O4/c1-31-25-34-22(16-4-3-5-17(12-16)24(38)39)35-26(36-25)33-19-9-6-15(7-10-19)23(37)32-14-18-8-11-20(40-2)13-21(18)27(28,29)30/h3-5,8,11-13,15,19H,6-7,9-10,14H2,1-2H3,(H,32,37)(H,38,39)(H2,31,33,34,35,36). The molecule has 1 aliphatic rings. The van der Waals surface area contributed by atoms with E-state index in [0.29, 0.717) is 49.0 Å². The van der Waals surface area contributed by atoms with Crippen LogP contribution in [-0.2, 0) is 17.5 Å². The van der Waals surface area contributed by atoms with Crippen molar-refractivity contribution in [2.24, 2.45) is 5.92 Å². The molecule has 212 valence electrons. The van der Waals surface area contributed by atoms with Crippen molar-refractivity contribution in [1.82, 2.24) is 20.3 Å². The molecule has 0 spiro atoms. The van der Waals surface area contributed by atoms with E-state index < -0.39 is 17.7 Å². The first kappa shape index (κ1) is 28.6. The Balaban J connectivity index is 1.36. The zero-order valence-electron chi connectivity index (χ0n) is 21.9. The fourth-order valence-corrected chi connectivity index (χ4v) is 4.58. The Hall–Kier alpha value is -4.42. The normalized spacial score (nSPS) is 17.1. The zero-order valence-corrected chi connectivity index (χ0v) is 21.9. The molecule has 0 aliphatic heterocycles. The summed E-state index contributed by atoms with van der Waals surface area (Å²) < 4.78 is 45.3. The van der Waals surface area contributed by atoms with Gasteiger partial charge in [0, 0.05) is 31.1 Å². The average Bonchev–Trinajstić information content (AvgIpc) is 2.95. The van der Waals surface area contributed by atoms with Gasteiger partial charge in [0.2, 0.25) is 17.8 Å². The molecule has 1 amide bonds. The van der Waals surface area contributed by atoms with Gasteiger partial charge in [0.1, 0.15) is 5.75 Å². The second-order valence-corrected chi connectivity index (χ2v) is 9.37. The number of carbonyl (C=O) groups excluding carboxylic acids is 1. The lowest BCUT2D eigenvalue weighted by Gasteiger charge is -2.28. The number of alkyl halides is 3. The van der Waals surface area contributed by atoms with Gasteiger partial charge in [-0.15, -0.1) is 0 Å². The van der Waals surface area contributed by atoms with Gasteiger partial charge >= 0.3 is 12.1 Å². The van der Waals surface area contributed by atoms with Crippen LogP contribution >= 0.6 is 0 Å². The van der Waals surface area contributed by atoms with Crippen molar-refractivity contribution in [2.75, 3.05) is 24.8 Å². The van der Waals surface area contributed by atoms with Crippen molar-refractivity contribution < 1.29 is 32.6 Å². The predicted octanol–water partition coefficient (Wildman–Crippen LogP) is 4.59. The number of aromatic carboxylic acids is 1. The molecule has 0 radical (unpaired) electrons. The third-order valence-electron chi connectivity index (χ3n) is 6.73. The number of nitrogens with one attached hydrogen (secondary N) is 3. The summed E-state index contributed by atoms with van der Waals surface area (Å²) in [5.74, 6) is -0.676. The molecule has 10 nitrogen and oxygen atoms in total. The minimum absolute atomic E-state index is 0.0307. The number of carboxylic acid groups (broad SMARTS) is 1. The molecule has 0 saturated heterocycles. The molecule has 13 heteroatoms. The van der Waals surface area contributed by atoms with Gasteiger partial charge in [-0.1, -0.05) is 18.2 Å². The molecule has 4 N–H and O–H groups in total. The minimum atomic E-state index is -4.57. The first-order valence-electron chi connectivity index (χ1n) is 12.6. The lowest BCUT2D eigenvalue weighted by molar-refractivity contribution is -0.138. The summed E-state index contributed by atoms with van der Waals surface area (Å²) in [6.07, 6.45) is -2.25. The van der Waals surface area contributed by atoms with Gasteiger partial charge in [-0.05, 0) is 55.5 Å². The number of carboxylic acids is 1. The number of nitrogens with zero attached hydrogens (tertiary/aromatic N) is 3. The van der Waals surface area contributed by atoms with E-state index in [0.717, 1.165) is 6.07 Å². The Morgan fingerprint density at radius 2 is 1.75 bits per heavy atom. The molecule has 0 atom stereocenters. The van der Waals surface area contributed by atoms with Crippen LogP contribution in [0.2, 0.25) is 0 Å². The number of anilines is 2. The second-order valence-electron chi connectivity index (χ2n) is 9.37. The van der Waals surface area contributed by atoms with E-state index >= 15 is 0 Å². The molecule has 1 saturated carbocycles. The number of methoxy groups -OCH3 is 1. The van der Waals surface area contributed by atoms with E-state index in [1.807, 2.05) is 0 Å². The highest BCUT2D eigenvalue weighted by molar-refractivity contribution is 5.89. The van der Waals surface area contributed by atoms with E-state index in [4.69, 9.17) is 4.74 Å². The summed E-state index contributed by atoms with van der Waals surface area (Å²) in [4.78, 5) is 37.2. The number of halogens is 3. The SMILES string of the molecule is CNc1nc(NC2CCC(C(=O)NCc3ccc(OC)cc3C(F)(F)F)CC2)nc(-c2cccc(C(=O)O)c2)n1. The summed E-state index contributed by atoms with van der Waals surface area (Å²) in [6, 6.07) is 9.91. The van der Waals surface area contributed by atoms with Crippen molar-refractivity contribution in [3.63, 3.8) is 0 Å². The second kappa shape index (κ2) is 12.2. The molecule has 1 fully saturated rings. The van der Waals surface area contributed by atoms with E-state index in [2.05, 4.69) is 30.9 Å². The molecule has 1 heterocycles. The molecule has 1 aromatic heterocycles. The number of hydrogen-bond donors (Lipinski definition) is 4. The highest BCUT2D eigenvalue weighted by Gasteiger charge is 2.34. The van der Waals surface area contributed by atoms with Crippen LogP contribution in [0, 0.1) is 5.92 Å². The highest BCUT2D eigenvalue weighted by atomic mass is 19.4. The average molecular weight is 559 g/mol. The van der Waals surface area contributed by atoms with Crippen LogP contribution in [0.15, 0.2) is 42.5 Å². The van der Waals surface area contributed by atoms with Crippen molar-refractivity contribution in [3.8, 4) is 17.1 Å². The quantitative estimate of drug-likeness (QED) is 0.297. The Morgan fingerprint density at radius 1 is 1.02 bits per heavy atom. The van der Waals surface area contributed by atoms with Gasteiger partial charge in [0.05, 0.1) is 18.2 Å². The van der Waals surface area contributed by atoms with Gasteiger partial charge in [0.25, 0.3) is 0 Å². The van der Waals surface area contributed by atoms with E-state index in [1.54, 1.807) is 19.2 Å². The summed E-state index contributed by atoms with van der Waals surface area (Å²) in [5.41, 5.74) is -0.242. The van der Waals surface area contributed by atoms with E-state index in [1.165, 1.54) is 31.4 Å². The number of carbonyl (C=O) groups is 2. The number of amides is 1. The van der Waals surface area contributed by atoms with Crippen LogP contribution in [0.4, 0.5) is 25.1 Å². The van der Waals surface area contributed by atoms with Crippen LogP contribution in [-0.4, -0.2) is 52.1 Å². The number of rotatable bonds is 9. The maximum absolute atomic E-state index is 13.5. The van der Waals surface area contributed by atoms with Crippen molar-refractivity contribution >= 4 is 23.8 Å². The first-order chi connectivity index (χ1) is 19.1. The van der Waals surface area contributed by atoms with Gasteiger partial charge in [0.15, 0.2) is 5.82 Å². The lowest BCUT2D eigenvalue weighted by atomic mass is 9.85. The first-order valence-corrected chi connectivity index (χ1v) is 12.6. The summed E-state index contributed by atoms with van der Waals surface area (Å²) >= 11 is 0. The van der Waals surface area contributed by atoms with Gasteiger partial charge in [-0.2, -0.15) is 28.1 Å². The number of ether oxygens (including phenoxy) is 1. The molecule has 2 aromatic carbocycles. The van der Waals surface area contributed by atoms with Crippen LogP contribution in [0.25, 0.3) is 11.4 Å². The topological polar surface area (TPSA) is 138 Å². The number of hydrogen-bond acceptors (Lipinski definition) is 8. The largest absolute Gasteiger partial charge is 0.497 e. The fourth-order valence-electron chi connectivity index (χ4n) is 4.58. The summed E-state index contributed by atoms with van der Waals surface area (Å²) in [6.45, 7) is -0.237. The smallest absolute Gasteiger partial charge is 0.416 e. The Bertz CT molecular complexity index is 1380. The van der Waals surface area contributed by atoms with Gasteiger partial charge in [-0.25, -0.2) is 4.79 Å². The molecule has 0 bridgehead atoms. The zero-order chi connectivity index (χ0) is 28.9. The summed E-state index contributed by atoms with van der Waals surface area (Å²) in [5, 5.41) is 18.1. The van der Waals surface area contributed by atoms with Crippen molar-refractivity contribution in [3.05, 3.63) is 59.2 Å². The number of aromatic nitrogens is 3. The fraction of sp³-hybridized carbons (Fsp3) is 0.370. The van der Waals surface area contributed by atoms with E-state index in [-0.39, 0.29) is 41.3 Å². The molecule has 40 heavy (non-hydrogen) atoms. The van der Waals surface area contributed by atoms with Crippen molar-refractivity contribution in [2.45, 2.75) is 44.4 Å². The monoisotopic (exact) mass is 558 g/mol. The minimum Gasteiger partial charge on any atom is -0.497 e. The molecule has 4 rings (SSSR count). The molecular weight excluding hydrogens is 529 g/mol. The van der Waals surface area contributed by atoms with Gasteiger partial charge in [-0.3, -0.25) is 4.79 Å². The number of benzene rings is 2. The molecular formula is C27H29F3N6O4. The lowest BCUT2D eigenvalue weighted by Crippen LogP contribution is -2.36. The van der Waals surface area contributed by atoms with Gasteiger partial charge < -0.3 is 25.8 Å². The third-order valence-corrected chi connectivity index (χ3v) is 6.73. The molecule has 1 aliphatic carbocycles. The van der Waals surface area contributed by atoms with E-state index in [9.17, 15) is 27.9 Å². The molecule has 0 unspecified atom stereocenters. The van der Waals surface area contributed by atoms with Crippen molar-refractivity contribution in [1.29, 1.82) is 0 Å². The van der Waals surface area contributed by atoms with Crippen LogP contribution in [0.3, 0.4) is 0 Å². The maximum atomic E-state index is 13.5. The maximum Gasteiger partial charge on any atom is 0.416 e. The van der Waals surface area contributed by atoms with Crippen LogP contribution < -0.4 is 20.7 Å². The Kier molecular flexibility index (Phi) is 8.70. The highest BCUT2D eigenvalue weighted by Crippen LogP contribution is 2.34. The van der Waals surface area contributed by atoms with Crippen LogP contribution in [0.5, 0.6) is 5.75 Å².